The van der Waals surface area contributed by atoms with Gasteiger partial charge in [-0.3, -0.25) is 4.90 Å². The number of amides is 3. The molecular weight excluding hydrogens is 349 g/mol. The van der Waals surface area contributed by atoms with Crippen molar-refractivity contribution in [3.63, 3.8) is 0 Å². The fourth-order valence-corrected chi connectivity index (χ4v) is 3.07. The van der Waals surface area contributed by atoms with Crippen molar-refractivity contribution in [1.82, 2.24) is 4.90 Å². The summed E-state index contributed by atoms with van der Waals surface area (Å²) in [6.45, 7) is 4.41. The Morgan fingerprint density at radius 1 is 1.26 bits per heavy atom. The van der Waals surface area contributed by atoms with Crippen LogP contribution < -0.4 is 10.2 Å². The Morgan fingerprint density at radius 3 is 2.67 bits per heavy atom. The number of hydrogen-bond acceptors (Lipinski definition) is 3. The van der Waals surface area contributed by atoms with E-state index in [1.807, 2.05) is 13.0 Å². The minimum absolute atomic E-state index is 0.345. The highest BCUT2D eigenvalue weighted by Gasteiger charge is 2.26. The van der Waals surface area contributed by atoms with E-state index in [9.17, 15) is 14.0 Å². The summed E-state index contributed by atoms with van der Waals surface area (Å²) in [5.74, 6) is -0.352. The summed E-state index contributed by atoms with van der Waals surface area (Å²) in [4.78, 5) is 27.5. The van der Waals surface area contributed by atoms with Crippen LogP contribution in [-0.4, -0.2) is 37.2 Å². The van der Waals surface area contributed by atoms with Crippen LogP contribution >= 0.6 is 0 Å². The standard InChI is InChI=1S/C20H22FN3O3/c1-13-17(9-6-10-18(13)24-11-12-27-20(24)26)22-19(25)23(3)14(2)15-7-4-5-8-16(15)21/h4-10,14H,11-12H2,1-3H3,(H,22,25). The zero-order valence-electron chi connectivity index (χ0n) is 15.5. The second kappa shape index (κ2) is 7.65. The monoisotopic (exact) mass is 371 g/mol. The van der Waals surface area contributed by atoms with Crippen molar-refractivity contribution in [1.29, 1.82) is 0 Å². The van der Waals surface area contributed by atoms with E-state index in [1.165, 1.54) is 15.9 Å². The van der Waals surface area contributed by atoms with Crippen LogP contribution in [0.25, 0.3) is 0 Å². The van der Waals surface area contributed by atoms with Crippen molar-refractivity contribution >= 4 is 23.5 Å². The highest BCUT2D eigenvalue weighted by molar-refractivity contribution is 5.95. The molecule has 6 nitrogen and oxygen atoms in total. The maximum atomic E-state index is 14.0. The van der Waals surface area contributed by atoms with E-state index >= 15 is 0 Å². The van der Waals surface area contributed by atoms with Gasteiger partial charge in [0.25, 0.3) is 0 Å². The van der Waals surface area contributed by atoms with Crippen LogP contribution in [0.5, 0.6) is 0 Å². The average molecular weight is 371 g/mol. The number of urea groups is 1. The van der Waals surface area contributed by atoms with Crippen LogP contribution in [0.15, 0.2) is 42.5 Å². The van der Waals surface area contributed by atoms with Crippen molar-refractivity contribution in [2.24, 2.45) is 0 Å². The van der Waals surface area contributed by atoms with Crippen molar-refractivity contribution in [3.05, 3.63) is 59.4 Å². The number of benzene rings is 2. The zero-order valence-corrected chi connectivity index (χ0v) is 15.5. The second-order valence-corrected chi connectivity index (χ2v) is 6.45. The largest absolute Gasteiger partial charge is 0.447 e. The number of nitrogens with zero attached hydrogens (tertiary/aromatic N) is 2. The van der Waals surface area contributed by atoms with E-state index in [2.05, 4.69) is 5.32 Å². The topological polar surface area (TPSA) is 61.9 Å². The number of halogens is 1. The fourth-order valence-electron chi connectivity index (χ4n) is 3.07. The molecule has 0 radical (unpaired) electrons. The van der Waals surface area contributed by atoms with Gasteiger partial charge in [0.05, 0.1) is 18.3 Å². The van der Waals surface area contributed by atoms with Crippen LogP contribution in [-0.2, 0) is 4.74 Å². The van der Waals surface area contributed by atoms with Gasteiger partial charge in [-0.05, 0) is 37.6 Å². The maximum absolute atomic E-state index is 14.0. The lowest BCUT2D eigenvalue weighted by atomic mass is 10.1. The molecule has 1 atom stereocenters. The van der Waals surface area contributed by atoms with Gasteiger partial charge < -0.3 is 15.0 Å². The predicted octanol–water partition coefficient (Wildman–Crippen LogP) is 4.32. The van der Waals surface area contributed by atoms with Crippen molar-refractivity contribution < 1.29 is 18.7 Å². The van der Waals surface area contributed by atoms with Gasteiger partial charge >= 0.3 is 12.1 Å². The molecule has 0 bridgehead atoms. The number of carbonyl (C=O) groups excluding carboxylic acids is 2. The van der Waals surface area contributed by atoms with Gasteiger partial charge in [-0.15, -0.1) is 0 Å². The van der Waals surface area contributed by atoms with Gasteiger partial charge in [-0.1, -0.05) is 24.3 Å². The third-order valence-electron chi connectivity index (χ3n) is 4.86. The van der Waals surface area contributed by atoms with Crippen molar-refractivity contribution in [2.45, 2.75) is 19.9 Å². The molecule has 2 aromatic rings. The van der Waals surface area contributed by atoms with Gasteiger partial charge in [0.15, 0.2) is 0 Å². The quantitative estimate of drug-likeness (QED) is 0.871. The zero-order chi connectivity index (χ0) is 19.6. The Morgan fingerprint density at radius 2 is 2.00 bits per heavy atom. The van der Waals surface area contributed by atoms with E-state index in [-0.39, 0.29) is 11.8 Å². The van der Waals surface area contributed by atoms with Gasteiger partial charge in [-0.2, -0.15) is 0 Å². The molecule has 1 heterocycles. The summed E-state index contributed by atoms with van der Waals surface area (Å²) in [5.41, 5.74) is 2.49. The smallest absolute Gasteiger partial charge is 0.414 e. The average Bonchev–Trinajstić information content (AvgIpc) is 3.08. The van der Waals surface area contributed by atoms with Gasteiger partial charge in [0.1, 0.15) is 12.4 Å². The van der Waals surface area contributed by atoms with Crippen LogP contribution in [0.4, 0.5) is 25.4 Å². The van der Waals surface area contributed by atoms with E-state index in [4.69, 9.17) is 4.74 Å². The first kappa shape index (κ1) is 18.7. The fraction of sp³-hybridized carbons (Fsp3) is 0.300. The molecule has 1 aliphatic heterocycles. The Hall–Kier alpha value is -3.09. The lowest BCUT2D eigenvalue weighted by Crippen LogP contribution is -2.34. The number of hydrogen-bond donors (Lipinski definition) is 1. The Bertz CT molecular complexity index is 871. The maximum Gasteiger partial charge on any atom is 0.414 e. The first-order valence-electron chi connectivity index (χ1n) is 8.72. The molecule has 3 rings (SSSR count). The molecule has 7 heteroatoms. The van der Waals surface area contributed by atoms with E-state index in [1.54, 1.807) is 44.3 Å². The summed E-state index contributed by atoms with van der Waals surface area (Å²) in [6.07, 6.45) is -0.396. The molecule has 1 fully saturated rings. The Balaban J connectivity index is 1.78. The summed E-state index contributed by atoms with van der Waals surface area (Å²) in [5, 5.41) is 2.84. The molecular formula is C20H22FN3O3. The normalized spacial score (nSPS) is 14.7. The molecule has 0 spiro atoms. The van der Waals surface area contributed by atoms with E-state index in [0.29, 0.717) is 30.1 Å². The first-order chi connectivity index (χ1) is 12.9. The number of ether oxygens (including phenoxy) is 1. The number of anilines is 2. The van der Waals surface area contributed by atoms with Crippen LogP contribution in [0, 0.1) is 12.7 Å². The molecule has 0 aliphatic carbocycles. The predicted molar refractivity (Wildman–Crippen MR) is 101 cm³/mol. The molecule has 1 saturated heterocycles. The molecule has 27 heavy (non-hydrogen) atoms. The summed E-state index contributed by atoms with van der Waals surface area (Å²) in [7, 11) is 1.61. The third-order valence-corrected chi connectivity index (χ3v) is 4.86. The minimum Gasteiger partial charge on any atom is -0.447 e. The molecule has 2 aromatic carbocycles. The van der Waals surface area contributed by atoms with E-state index in [0.717, 1.165) is 5.56 Å². The molecule has 0 aromatic heterocycles. The molecule has 1 unspecified atom stereocenters. The lowest BCUT2D eigenvalue weighted by molar-refractivity contribution is 0.181. The number of cyclic esters (lactones) is 1. The number of nitrogens with one attached hydrogen (secondary N) is 1. The highest BCUT2D eigenvalue weighted by atomic mass is 19.1. The van der Waals surface area contributed by atoms with Gasteiger partial charge in [-0.25, -0.2) is 14.0 Å². The van der Waals surface area contributed by atoms with Crippen molar-refractivity contribution in [3.8, 4) is 0 Å². The van der Waals surface area contributed by atoms with Gasteiger partial charge in [0, 0.05) is 18.3 Å². The van der Waals surface area contributed by atoms with Crippen LogP contribution in [0.2, 0.25) is 0 Å². The first-order valence-corrected chi connectivity index (χ1v) is 8.72. The second-order valence-electron chi connectivity index (χ2n) is 6.45. The summed E-state index contributed by atoms with van der Waals surface area (Å²) >= 11 is 0. The van der Waals surface area contributed by atoms with Gasteiger partial charge in [0.2, 0.25) is 0 Å². The highest BCUT2D eigenvalue weighted by Crippen LogP contribution is 2.29. The molecule has 3 amide bonds. The van der Waals surface area contributed by atoms with Crippen LogP contribution in [0.1, 0.15) is 24.1 Å². The number of carbonyl (C=O) groups is 2. The SMILES string of the molecule is Cc1c(NC(=O)N(C)C(C)c2ccccc2F)cccc1N1CCOC1=O. The van der Waals surface area contributed by atoms with Crippen molar-refractivity contribution in [2.75, 3.05) is 30.4 Å². The summed E-state index contributed by atoms with van der Waals surface area (Å²) in [6, 6.07) is 10.9. The third kappa shape index (κ3) is 3.72. The molecule has 0 saturated carbocycles. The minimum atomic E-state index is -0.441. The Kier molecular flexibility index (Phi) is 5.30. The molecule has 1 N–H and O–H groups in total. The summed E-state index contributed by atoms with van der Waals surface area (Å²) < 4.78 is 19.0. The molecule has 142 valence electrons. The van der Waals surface area contributed by atoms with E-state index < -0.39 is 12.1 Å². The Labute approximate surface area is 157 Å². The number of rotatable bonds is 4. The molecule has 1 aliphatic rings. The lowest BCUT2D eigenvalue weighted by Gasteiger charge is -2.26. The van der Waals surface area contributed by atoms with Crippen LogP contribution in [0.3, 0.4) is 0 Å².